The van der Waals surface area contributed by atoms with Crippen LogP contribution in [0.1, 0.15) is 5.76 Å². The molecule has 0 bridgehead atoms. The zero-order valence-corrected chi connectivity index (χ0v) is 11.3. The van der Waals surface area contributed by atoms with E-state index >= 15 is 0 Å². The summed E-state index contributed by atoms with van der Waals surface area (Å²) in [6.07, 6.45) is 1.32. The van der Waals surface area contributed by atoms with Crippen LogP contribution in [0.2, 0.25) is 10.3 Å². The van der Waals surface area contributed by atoms with Gasteiger partial charge in [-0.1, -0.05) is 23.7 Å². The molecule has 0 unspecified atom stereocenters. The predicted molar refractivity (Wildman–Crippen MR) is 73.1 cm³/mol. The van der Waals surface area contributed by atoms with E-state index in [2.05, 4.69) is 9.97 Å². The summed E-state index contributed by atoms with van der Waals surface area (Å²) in [4.78, 5) is 7.61. The van der Waals surface area contributed by atoms with Crippen LogP contribution in [-0.4, -0.2) is 9.97 Å². The monoisotopic (exact) mass is 305 g/mol. The van der Waals surface area contributed by atoms with Gasteiger partial charge in [-0.05, 0) is 23.7 Å². The predicted octanol–water partition coefficient (Wildman–Crippen LogP) is 4.19. The molecule has 3 rings (SSSR count). The molecular formula is C13H5Cl2N3O2. The van der Waals surface area contributed by atoms with Crippen molar-refractivity contribution in [3.05, 3.63) is 46.5 Å². The third kappa shape index (κ3) is 2.16. The summed E-state index contributed by atoms with van der Waals surface area (Å²) in [6.45, 7) is 0. The van der Waals surface area contributed by atoms with Crippen LogP contribution in [0.5, 0.6) is 11.6 Å². The zero-order valence-electron chi connectivity index (χ0n) is 9.80. The number of nitrogens with zero attached hydrogens (tertiary/aromatic N) is 3. The Kier molecular flexibility index (Phi) is 3.18. The lowest BCUT2D eigenvalue weighted by atomic mass is 10.2. The molecule has 7 heteroatoms. The molecule has 0 fully saturated rings. The van der Waals surface area contributed by atoms with Crippen LogP contribution in [0.15, 0.2) is 34.9 Å². The molecule has 0 spiro atoms. The number of aromatic nitrogens is 2. The van der Waals surface area contributed by atoms with Gasteiger partial charge in [0.05, 0.1) is 11.6 Å². The standard InChI is InChI=1S/C13H5Cl2N3O2/c14-8-6-17-13(15)18-12(8)20-11-7-3-1-2-4-9(7)19-10(11)5-16/h1-4,6H. The van der Waals surface area contributed by atoms with Gasteiger partial charge in [0.15, 0.2) is 5.75 Å². The molecule has 0 aliphatic rings. The second-order valence-corrected chi connectivity index (χ2v) is 4.51. The van der Waals surface area contributed by atoms with Gasteiger partial charge in [-0.2, -0.15) is 10.2 Å². The number of fused-ring (bicyclic) bond motifs is 1. The van der Waals surface area contributed by atoms with Crippen LogP contribution in [0.4, 0.5) is 0 Å². The molecule has 0 atom stereocenters. The molecule has 2 aromatic heterocycles. The Morgan fingerprint density at radius 1 is 1.25 bits per heavy atom. The largest absolute Gasteiger partial charge is 0.442 e. The minimum Gasteiger partial charge on any atom is -0.442 e. The van der Waals surface area contributed by atoms with Gasteiger partial charge in [0.1, 0.15) is 16.7 Å². The topological polar surface area (TPSA) is 71.9 Å². The van der Waals surface area contributed by atoms with E-state index in [1.165, 1.54) is 6.20 Å². The van der Waals surface area contributed by atoms with Crippen molar-refractivity contribution in [2.24, 2.45) is 0 Å². The Balaban J connectivity index is 2.15. The lowest BCUT2D eigenvalue weighted by Gasteiger charge is -2.04. The van der Waals surface area contributed by atoms with Gasteiger partial charge in [0, 0.05) is 0 Å². The number of halogens is 2. The van der Waals surface area contributed by atoms with Crippen LogP contribution in [-0.2, 0) is 0 Å². The van der Waals surface area contributed by atoms with Crippen molar-refractivity contribution < 1.29 is 9.15 Å². The first-order valence-electron chi connectivity index (χ1n) is 5.46. The summed E-state index contributed by atoms with van der Waals surface area (Å²) in [6, 6.07) is 9.03. The van der Waals surface area contributed by atoms with Crippen LogP contribution in [0.3, 0.4) is 0 Å². The van der Waals surface area contributed by atoms with E-state index in [1.54, 1.807) is 24.3 Å². The Morgan fingerprint density at radius 2 is 2.05 bits per heavy atom. The first kappa shape index (κ1) is 12.7. The summed E-state index contributed by atoms with van der Waals surface area (Å²) in [5.41, 5.74) is 0.537. The normalized spacial score (nSPS) is 10.4. The first-order chi connectivity index (χ1) is 9.69. The van der Waals surface area contributed by atoms with Crippen molar-refractivity contribution in [3.8, 4) is 17.7 Å². The molecule has 0 radical (unpaired) electrons. The van der Waals surface area contributed by atoms with Gasteiger partial charge in [0.2, 0.25) is 16.9 Å². The lowest BCUT2D eigenvalue weighted by Crippen LogP contribution is -1.92. The fraction of sp³-hybridized carbons (Fsp3) is 0. The number of rotatable bonds is 2. The van der Waals surface area contributed by atoms with Gasteiger partial charge >= 0.3 is 0 Å². The quantitative estimate of drug-likeness (QED) is 0.664. The summed E-state index contributed by atoms with van der Waals surface area (Å²) in [5, 5.41) is 9.93. The van der Waals surface area contributed by atoms with Gasteiger partial charge in [-0.25, -0.2) is 4.98 Å². The number of furan rings is 1. The Bertz CT molecular complexity index is 839. The van der Waals surface area contributed by atoms with E-state index in [9.17, 15) is 0 Å². The molecule has 5 nitrogen and oxygen atoms in total. The summed E-state index contributed by atoms with van der Waals surface area (Å²) < 4.78 is 11.0. The van der Waals surface area contributed by atoms with E-state index in [-0.39, 0.29) is 27.7 Å². The maximum absolute atomic E-state index is 9.11. The fourth-order valence-corrected chi connectivity index (χ4v) is 1.95. The highest BCUT2D eigenvalue weighted by Crippen LogP contribution is 2.37. The summed E-state index contributed by atoms with van der Waals surface area (Å²) >= 11 is 11.6. The van der Waals surface area contributed by atoms with Crippen molar-refractivity contribution in [1.82, 2.24) is 9.97 Å². The van der Waals surface area contributed by atoms with Crippen LogP contribution in [0.25, 0.3) is 11.0 Å². The lowest BCUT2D eigenvalue weighted by molar-refractivity contribution is 0.449. The number of hydrogen-bond donors (Lipinski definition) is 0. The van der Waals surface area contributed by atoms with Crippen molar-refractivity contribution in [3.63, 3.8) is 0 Å². The zero-order chi connectivity index (χ0) is 14.1. The minimum atomic E-state index is -0.00397. The highest BCUT2D eigenvalue weighted by molar-refractivity contribution is 6.32. The average Bonchev–Trinajstić information content (AvgIpc) is 2.81. The fourth-order valence-electron chi connectivity index (χ4n) is 1.70. The molecule has 0 N–H and O–H groups in total. The van der Waals surface area contributed by atoms with Crippen molar-refractivity contribution >= 4 is 34.2 Å². The minimum absolute atomic E-state index is 0.00397. The van der Waals surface area contributed by atoms with E-state index in [1.807, 2.05) is 6.07 Å². The van der Waals surface area contributed by atoms with Gasteiger partial charge < -0.3 is 9.15 Å². The smallest absolute Gasteiger partial charge is 0.247 e. The molecule has 0 amide bonds. The molecule has 0 saturated heterocycles. The van der Waals surface area contributed by atoms with Crippen molar-refractivity contribution in [2.45, 2.75) is 0 Å². The second kappa shape index (κ2) is 5.00. The van der Waals surface area contributed by atoms with Crippen LogP contribution < -0.4 is 4.74 Å². The molecule has 0 aliphatic carbocycles. The number of hydrogen-bond acceptors (Lipinski definition) is 5. The third-order valence-electron chi connectivity index (χ3n) is 2.53. The Hall–Kier alpha value is -2.29. The molecule has 20 heavy (non-hydrogen) atoms. The van der Waals surface area contributed by atoms with Gasteiger partial charge in [-0.15, -0.1) is 0 Å². The molecule has 0 saturated carbocycles. The van der Waals surface area contributed by atoms with E-state index in [0.717, 1.165) is 0 Å². The highest BCUT2D eigenvalue weighted by Gasteiger charge is 2.18. The van der Waals surface area contributed by atoms with Crippen LogP contribution in [0, 0.1) is 11.3 Å². The molecule has 3 aromatic rings. The Labute approximate surface area is 123 Å². The molecular weight excluding hydrogens is 301 g/mol. The first-order valence-corrected chi connectivity index (χ1v) is 6.22. The number of ether oxygens (including phenoxy) is 1. The van der Waals surface area contributed by atoms with E-state index in [0.29, 0.717) is 11.0 Å². The molecule has 1 aromatic carbocycles. The molecule has 98 valence electrons. The Morgan fingerprint density at radius 3 is 2.85 bits per heavy atom. The summed E-state index contributed by atoms with van der Waals surface area (Å²) in [7, 11) is 0. The van der Waals surface area contributed by atoms with E-state index < -0.39 is 0 Å². The third-order valence-corrected chi connectivity index (χ3v) is 2.97. The number of benzene rings is 1. The van der Waals surface area contributed by atoms with Gasteiger partial charge in [-0.3, -0.25) is 0 Å². The molecule has 2 heterocycles. The average molecular weight is 306 g/mol. The maximum atomic E-state index is 9.11. The highest BCUT2D eigenvalue weighted by atomic mass is 35.5. The maximum Gasteiger partial charge on any atom is 0.247 e. The second-order valence-electron chi connectivity index (χ2n) is 3.76. The van der Waals surface area contributed by atoms with Gasteiger partial charge in [0.25, 0.3) is 0 Å². The number of nitriles is 1. The molecule has 0 aliphatic heterocycles. The van der Waals surface area contributed by atoms with E-state index in [4.69, 9.17) is 37.6 Å². The van der Waals surface area contributed by atoms with Crippen molar-refractivity contribution in [2.75, 3.05) is 0 Å². The van der Waals surface area contributed by atoms with Crippen LogP contribution >= 0.6 is 23.2 Å². The SMILES string of the molecule is N#Cc1oc2ccccc2c1Oc1nc(Cl)ncc1Cl. The number of para-hydroxylation sites is 1. The summed E-state index contributed by atoms with van der Waals surface area (Å²) in [5.74, 6) is 0.353. The van der Waals surface area contributed by atoms with Crippen molar-refractivity contribution in [1.29, 1.82) is 5.26 Å².